The summed E-state index contributed by atoms with van der Waals surface area (Å²) in [5, 5.41) is 6.20. The highest BCUT2D eigenvalue weighted by Crippen LogP contribution is 2.17. The van der Waals surface area contributed by atoms with Crippen LogP contribution < -0.4 is 10.6 Å². The van der Waals surface area contributed by atoms with Gasteiger partial charge in [-0.1, -0.05) is 13.8 Å². The minimum atomic E-state index is 0.103. The molecule has 1 fully saturated rings. The Labute approximate surface area is 73.9 Å². The first-order chi connectivity index (χ1) is 5.70. The third kappa shape index (κ3) is 3.72. The van der Waals surface area contributed by atoms with Gasteiger partial charge in [-0.2, -0.15) is 0 Å². The normalized spacial score (nSPS) is 16.6. The van der Waals surface area contributed by atoms with E-state index in [1.54, 1.807) is 0 Å². The lowest BCUT2D eigenvalue weighted by molar-refractivity contribution is -0.123. The van der Waals surface area contributed by atoms with Crippen molar-refractivity contribution in [2.45, 2.75) is 32.7 Å². The van der Waals surface area contributed by atoms with Crippen LogP contribution >= 0.6 is 0 Å². The third-order valence-electron chi connectivity index (χ3n) is 1.96. The molecule has 12 heavy (non-hydrogen) atoms. The van der Waals surface area contributed by atoms with Gasteiger partial charge < -0.3 is 10.6 Å². The van der Waals surface area contributed by atoms with Crippen LogP contribution in [0.1, 0.15) is 26.7 Å². The fourth-order valence-electron chi connectivity index (χ4n) is 0.954. The summed E-state index contributed by atoms with van der Waals surface area (Å²) in [6.45, 7) is 5.48. The van der Waals surface area contributed by atoms with Crippen molar-refractivity contribution < 1.29 is 4.79 Å². The number of carbonyl (C=O) groups is 1. The van der Waals surface area contributed by atoms with Gasteiger partial charge in [-0.05, 0) is 12.8 Å². The molecular formula is C9H18N2O. The molecule has 1 amide bonds. The monoisotopic (exact) mass is 170 g/mol. The van der Waals surface area contributed by atoms with Crippen molar-refractivity contribution in [1.29, 1.82) is 0 Å². The summed E-state index contributed by atoms with van der Waals surface area (Å²) in [5.41, 5.74) is 0. The van der Waals surface area contributed by atoms with Gasteiger partial charge in [0, 0.05) is 25.0 Å². The SMILES string of the molecule is CC(C)C(=O)NCCNC1CC1. The van der Waals surface area contributed by atoms with Gasteiger partial charge in [-0.15, -0.1) is 0 Å². The molecule has 70 valence electrons. The van der Waals surface area contributed by atoms with Crippen molar-refractivity contribution >= 4 is 5.91 Å². The largest absolute Gasteiger partial charge is 0.355 e. The smallest absolute Gasteiger partial charge is 0.222 e. The van der Waals surface area contributed by atoms with Gasteiger partial charge >= 0.3 is 0 Å². The molecule has 1 saturated carbocycles. The summed E-state index contributed by atoms with van der Waals surface area (Å²) in [4.78, 5) is 11.1. The Balaban J connectivity index is 1.90. The first-order valence-corrected chi connectivity index (χ1v) is 4.71. The zero-order valence-electron chi connectivity index (χ0n) is 7.89. The standard InChI is InChI=1S/C9H18N2O/c1-7(2)9(12)11-6-5-10-8-3-4-8/h7-8,10H,3-6H2,1-2H3,(H,11,12). The minimum absolute atomic E-state index is 0.103. The van der Waals surface area contributed by atoms with E-state index in [9.17, 15) is 4.79 Å². The van der Waals surface area contributed by atoms with E-state index in [4.69, 9.17) is 0 Å². The van der Waals surface area contributed by atoms with Crippen LogP contribution in [0.2, 0.25) is 0 Å². The Morgan fingerprint density at radius 3 is 2.58 bits per heavy atom. The molecular weight excluding hydrogens is 152 g/mol. The van der Waals surface area contributed by atoms with Crippen LogP contribution in [-0.4, -0.2) is 25.0 Å². The highest BCUT2D eigenvalue weighted by Gasteiger charge is 2.19. The molecule has 0 aromatic carbocycles. The summed E-state index contributed by atoms with van der Waals surface area (Å²) in [6, 6.07) is 0.737. The molecule has 0 bridgehead atoms. The van der Waals surface area contributed by atoms with Gasteiger partial charge in [-0.3, -0.25) is 4.79 Å². The van der Waals surface area contributed by atoms with Crippen molar-refractivity contribution in [3.05, 3.63) is 0 Å². The molecule has 0 unspecified atom stereocenters. The van der Waals surface area contributed by atoms with Crippen LogP contribution in [0, 0.1) is 5.92 Å². The maximum Gasteiger partial charge on any atom is 0.222 e. The van der Waals surface area contributed by atoms with Gasteiger partial charge in [0.1, 0.15) is 0 Å². The average Bonchev–Trinajstić information content (AvgIpc) is 2.80. The second kappa shape index (κ2) is 4.45. The summed E-state index contributed by atoms with van der Waals surface area (Å²) in [5.74, 6) is 0.249. The van der Waals surface area contributed by atoms with Crippen LogP contribution in [0.15, 0.2) is 0 Å². The van der Waals surface area contributed by atoms with Crippen molar-refractivity contribution in [1.82, 2.24) is 10.6 Å². The van der Waals surface area contributed by atoms with Crippen molar-refractivity contribution in [3.63, 3.8) is 0 Å². The topological polar surface area (TPSA) is 41.1 Å². The summed E-state index contributed by atoms with van der Waals surface area (Å²) in [7, 11) is 0. The van der Waals surface area contributed by atoms with E-state index in [1.807, 2.05) is 13.8 Å². The van der Waals surface area contributed by atoms with E-state index in [1.165, 1.54) is 12.8 Å². The Bertz CT molecular complexity index is 153. The molecule has 0 saturated heterocycles. The number of hydrogen-bond acceptors (Lipinski definition) is 2. The van der Waals surface area contributed by atoms with E-state index < -0.39 is 0 Å². The molecule has 0 radical (unpaired) electrons. The summed E-state index contributed by atoms with van der Waals surface area (Å²) >= 11 is 0. The van der Waals surface area contributed by atoms with E-state index in [0.717, 1.165) is 19.1 Å². The van der Waals surface area contributed by atoms with Crippen LogP contribution in [0.4, 0.5) is 0 Å². The molecule has 3 nitrogen and oxygen atoms in total. The average molecular weight is 170 g/mol. The van der Waals surface area contributed by atoms with Crippen molar-refractivity contribution in [2.75, 3.05) is 13.1 Å². The second-order valence-corrected chi connectivity index (χ2v) is 3.67. The molecule has 0 aromatic heterocycles. The lowest BCUT2D eigenvalue weighted by Crippen LogP contribution is -2.34. The van der Waals surface area contributed by atoms with Crippen LogP contribution in [0.5, 0.6) is 0 Å². The maximum atomic E-state index is 11.1. The fourth-order valence-corrected chi connectivity index (χ4v) is 0.954. The molecule has 1 aliphatic rings. The Hall–Kier alpha value is -0.570. The van der Waals surface area contributed by atoms with E-state index in [0.29, 0.717) is 0 Å². The number of hydrogen-bond donors (Lipinski definition) is 2. The molecule has 0 aromatic rings. The van der Waals surface area contributed by atoms with E-state index >= 15 is 0 Å². The molecule has 2 N–H and O–H groups in total. The predicted molar refractivity (Wildman–Crippen MR) is 48.9 cm³/mol. The van der Waals surface area contributed by atoms with Crippen molar-refractivity contribution in [2.24, 2.45) is 5.92 Å². The predicted octanol–water partition coefficient (Wildman–Crippen LogP) is 0.511. The highest BCUT2D eigenvalue weighted by molar-refractivity contribution is 5.77. The first kappa shape index (κ1) is 9.52. The quantitative estimate of drug-likeness (QED) is 0.590. The molecule has 0 spiro atoms. The maximum absolute atomic E-state index is 11.1. The summed E-state index contributed by atoms with van der Waals surface area (Å²) < 4.78 is 0. The minimum Gasteiger partial charge on any atom is -0.355 e. The number of carbonyl (C=O) groups excluding carboxylic acids is 1. The Morgan fingerprint density at radius 1 is 1.42 bits per heavy atom. The number of rotatable bonds is 5. The van der Waals surface area contributed by atoms with Gasteiger partial charge in [0.15, 0.2) is 0 Å². The van der Waals surface area contributed by atoms with Gasteiger partial charge in [-0.25, -0.2) is 0 Å². The zero-order chi connectivity index (χ0) is 8.97. The summed E-state index contributed by atoms with van der Waals surface area (Å²) in [6.07, 6.45) is 2.61. The van der Waals surface area contributed by atoms with Crippen LogP contribution in [-0.2, 0) is 4.79 Å². The second-order valence-electron chi connectivity index (χ2n) is 3.67. The third-order valence-corrected chi connectivity index (χ3v) is 1.96. The molecule has 1 aliphatic carbocycles. The van der Waals surface area contributed by atoms with E-state index in [2.05, 4.69) is 10.6 Å². The molecule has 0 heterocycles. The number of amides is 1. The molecule has 3 heteroatoms. The van der Waals surface area contributed by atoms with Crippen LogP contribution in [0.3, 0.4) is 0 Å². The highest BCUT2D eigenvalue weighted by atomic mass is 16.1. The van der Waals surface area contributed by atoms with Crippen LogP contribution in [0.25, 0.3) is 0 Å². The molecule has 1 rings (SSSR count). The van der Waals surface area contributed by atoms with Gasteiger partial charge in [0.25, 0.3) is 0 Å². The lowest BCUT2D eigenvalue weighted by Gasteiger charge is -2.07. The lowest BCUT2D eigenvalue weighted by atomic mass is 10.2. The first-order valence-electron chi connectivity index (χ1n) is 4.71. The molecule has 0 atom stereocenters. The Kier molecular flexibility index (Phi) is 3.53. The Morgan fingerprint density at radius 2 is 2.08 bits per heavy atom. The zero-order valence-corrected chi connectivity index (χ0v) is 7.89. The van der Waals surface area contributed by atoms with Gasteiger partial charge in [0.2, 0.25) is 5.91 Å². The van der Waals surface area contributed by atoms with Crippen molar-refractivity contribution in [3.8, 4) is 0 Å². The van der Waals surface area contributed by atoms with Gasteiger partial charge in [0.05, 0.1) is 0 Å². The molecule has 0 aliphatic heterocycles. The number of nitrogens with one attached hydrogen (secondary N) is 2. The fraction of sp³-hybridized carbons (Fsp3) is 0.889. The van der Waals surface area contributed by atoms with E-state index in [-0.39, 0.29) is 11.8 Å².